The molecule has 33 heavy (non-hydrogen) atoms. The summed E-state index contributed by atoms with van der Waals surface area (Å²) in [5.41, 5.74) is 3.22. The number of carbonyl (C=O) groups is 1. The van der Waals surface area contributed by atoms with Gasteiger partial charge in [-0.25, -0.2) is 13.1 Å². The number of rotatable bonds is 7. The average molecular weight is 467 g/mol. The van der Waals surface area contributed by atoms with Gasteiger partial charge >= 0.3 is 0 Å². The molecule has 1 atom stereocenters. The molecule has 1 fully saturated rings. The minimum Gasteiger partial charge on any atom is -0.352 e. The molecule has 0 spiro atoms. The molecule has 174 valence electrons. The number of piperidine rings is 1. The topological polar surface area (TPSA) is 84.3 Å². The smallest absolute Gasteiger partial charge is 0.251 e. The summed E-state index contributed by atoms with van der Waals surface area (Å²) in [5, 5.41) is 7.15. The average Bonchev–Trinajstić information content (AvgIpc) is 3.35. The lowest BCUT2D eigenvalue weighted by Crippen LogP contribution is -2.42. The van der Waals surface area contributed by atoms with Crippen LogP contribution in [0.15, 0.2) is 65.8 Å². The summed E-state index contributed by atoms with van der Waals surface area (Å²) in [4.78, 5) is 13.0. The van der Waals surface area contributed by atoms with Crippen LogP contribution >= 0.6 is 0 Å². The number of aryl methyl sites for hydroxylation is 1. The van der Waals surface area contributed by atoms with Crippen molar-refractivity contribution in [2.75, 3.05) is 13.1 Å². The highest BCUT2D eigenvalue weighted by atomic mass is 32.2. The van der Waals surface area contributed by atoms with Crippen LogP contribution in [0.1, 0.15) is 47.7 Å². The Balaban J connectivity index is 1.41. The fourth-order valence-electron chi connectivity index (χ4n) is 4.22. The predicted molar refractivity (Wildman–Crippen MR) is 128 cm³/mol. The van der Waals surface area contributed by atoms with Gasteiger partial charge in [0.2, 0.25) is 10.0 Å². The predicted octanol–water partition coefficient (Wildman–Crippen LogP) is 3.72. The second-order valence-electron chi connectivity index (χ2n) is 8.56. The van der Waals surface area contributed by atoms with Crippen molar-refractivity contribution in [2.24, 2.45) is 0 Å². The van der Waals surface area contributed by atoms with Gasteiger partial charge in [0.05, 0.1) is 10.6 Å². The quantitative estimate of drug-likeness (QED) is 0.575. The summed E-state index contributed by atoms with van der Waals surface area (Å²) in [7, 11) is -3.62. The van der Waals surface area contributed by atoms with Crippen LogP contribution in [0.5, 0.6) is 0 Å². The molecule has 1 N–H and O–H groups in total. The lowest BCUT2D eigenvalue weighted by Gasteiger charge is -2.32. The van der Waals surface area contributed by atoms with Crippen molar-refractivity contribution in [3.8, 4) is 5.69 Å². The maximum absolute atomic E-state index is 13.2. The largest absolute Gasteiger partial charge is 0.352 e. The van der Waals surface area contributed by atoms with Crippen molar-refractivity contribution in [3.05, 3.63) is 77.6 Å². The molecule has 0 saturated carbocycles. The first-order valence-electron chi connectivity index (χ1n) is 11.4. The van der Waals surface area contributed by atoms with E-state index < -0.39 is 10.0 Å². The Bertz CT molecular complexity index is 1200. The zero-order valence-electron chi connectivity index (χ0n) is 19.1. The second kappa shape index (κ2) is 9.89. The molecule has 2 aromatic carbocycles. The number of nitrogens with one attached hydrogen (secondary N) is 1. The van der Waals surface area contributed by atoms with Gasteiger partial charge in [0.1, 0.15) is 0 Å². The van der Waals surface area contributed by atoms with Crippen molar-refractivity contribution in [1.29, 1.82) is 0 Å². The molecule has 7 nitrogen and oxygen atoms in total. The molecule has 0 aliphatic carbocycles. The van der Waals surface area contributed by atoms with E-state index in [9.17, 15) is 13.2 Å². The summed E-state index contributed by atoms with van der Waals surface area (Å²) in [6.07, 6.45) is 7.07. The minimum absolute atomic E-state index is 0.0259. The van der Waals surface area contributed by atoms with Gasteiger partial charge in [-0.15, -0.1) is 0 Å². The summed E-state index contributed by atoms with van der Waals surface area (Å²) >= 11 is 0. The molecular weight excluding hydrogens is 436 g/mol. The third-order valence-corrected chi connectivity index (χ3v) is 8.22. The van der Waals surface area contributed by atoms with Crippen LogP contribution in [0.3, 0.4) is 0 Å². The molecule has 4 rings (SSSR count). The third kappa shape index (κ3) is 5.17. The van der Waals surface area contributed by atoms with E-state index in [1.165, 1.54) is 6.07 Å². The molecule has 1 saturated heterocycles. The second-order valence-corrected chi connectivity index (χ2v) is 10.5. The van der Waals surface area contributed by atoms with Crippen molar-refractivity contribution in [3.63, 3.8) is 0 Å². The summed E-state index contributed by atoms with van der Waals surface area (Å²) in [6, 6.07) is 14.7. The van der Waals surface area contributed by atoms with Crippen LogP contribution in [-0.4, -0.2) is 47.5 Å². The zero-order chi connectivity index (χ0) is 23.4. The Kier molecular flexibility index (Phi) is 6.95. The van der Waals surface area contributed by atoms with Gasteiger partial charge in [0.15, 0.2) is 0 Å². The fraction of sp³-hybridized carbons (Fsp3) is 0.360. The number of benzene rings is 2. The van der Waals surface area contributed by atoms with E-state index in [0.717, 1.165) is 36.1 Å². The lowest BCUT2D eigenvalue weighted by atomic mass is 10.1. The summed E-state index contributed by atoms with van der Waals surface area (Å²) < 4.78 is 29.7. The lowest BCUT2D eigenvalue weighted by molar-refractivity contribution is 0.0953. The van der Waals surface area contributed by atoms with E-state index in [1.807, 2.05) is 50.4 Å². The van der Waals surface area contributed by atoms with E-state index in [1.54, 1.807) is 27.3 Å². The van der Waals surface area contributed by atoms with Gasteiger partial charge in [-0.05, 0) is 74.6 Å². The highest BCUT2D eigenvalue weighted by Gasteiger charge is 2.31. The van der Waals surface area contributed by atoms with Crippen LogP contribution in [0.4, 0.5) is 0 Å². The molecule has 8 heteroatoms. The number of amides is 1. The highest BCUT2D eigenvalue weighted by molar-refractivity contribution is 7.89. The van der Waals surface area contributed by atoms with Gasteiger partial charge in [-0.3, -0.25) is 4.79 Å². The first-order valence-corrected chi connectivity index (χ1v) is 12.8. The maximum atomic E-state index is 13.2. The number of sulfonamides is 1. The molecule has 1 aromatic heterocycles. The molecule has 2 heterocycles. The van der Waals surface area contributed by atoms with E-state index >= 15 is 0 Å². The van der Waals surface area contributed by atoms with Crippen LogP contribution in [0, 0.1) is 6.92 Å². The van der Waals surface area contributed by atoms with Gasteiger partial charge in [0, 0.05) is 37.1 Å². The van der Waals surface area contributed by atoms with E-state index in [0.29, 0.717) is 25.1 Å². The Morgan fingerprint density at radius 3 is 2.64 bits per heavy atom. The number of hydrogen-bond donors (Lipinski definition) is 1. The summed E-state index contributed by atoms with van der Waals surface area (Å²) in [5.74, 6) is -0.260. The van der Waals surface area contributed by atoms with E-state index in [2.05, 4.69) is 10.4 Å². The number of carbonyl (C=O) groups excluding carboxylic acids is 1. The molecule has 1 amide bonds. The van der Waals surface area contributed by atoms with Gasteiger partial charge < -0.3 is 5.32 Å². The van der Waals surface area contributed by atoms with E-state index in [4.69, 9.17) is 0 Å². The Morgan fingerprint density at radius 1 is 1.15 bits per heavy atom. The maximum Gasteiger partial charge on any atom is 0.251 e. The molecule has 1 aliphatic heterocycles. The van der Waals surface area contributed by atoms with Gasteiger partial charge in [-0.1, -0.05) is 24.6 Å². The van der Waals surface area contributed by atoms with Crippen LogP contribution in [0.2, 0.25) is 0 Å². The summed E-state index contributed by atoms with van der Waals surface area (Å²) in [6.45, 7) is 4.75. The Labute approximate surface area is 195 Å². The van der Waals surface area contributed by atoms with Crippen molar-refractivity contribution in [1.82, 2.24) is 19.4 Å². The van der Waals surface area contributed by atoms with Crippen LogP contribution < -0.4 is 5.32 Å². The number of nitrogens with zero attached hydrogens (tertiary/aromatic N) is 3. The molecule has 1 unspecified atom stereocenters. The van der Waals surface area contributed by atoms with E-state index in [-0.39, 0.29) is 16.8 Å². The van der Waals surface area contributed by atoms with Gasteiger partial charge in [-0.2, -0.15) is 9.40 Å². The van der Waals surface area contributed by atoms with Crippen LogP contribution in [-0.2, 0) is 16.4 Å². The number of aromatic nitrogens is 2. The standard InChI is InChI=1S/C25H30N4O3S/c1-19-7-12-23(33(31,32)29-17-4-3-6-20(29)2)18-24(19)25(30)26-15-13-21-8-10-22(11-9-21)28-16-5-14-27-28/h5,7-12,14,16,18,20H,3-4,6,13,15,17H2,1-2H3,(H,26,30). The molecular formula is C25H30N4O3S. The van der Waals surface area contributed by atoms with Crippen LogP contribution in [0.25, 0.3) is 5.69 Å². The van der Waals surface area contributed by atoms with Crippen molar-refractivity contribution < 1.29 is 13.2 Å². The van der Waals surface area contributed by atoms with Gasteiger partial charge in [0.25, 0.3) is 5.91 Å². The Hall–Kier alpha value is -2.97. The zero-order valence-corrected chi connectivity index (χ0v) is 19.9. The third-order valence-electron chi connectivity index (χ3n) is 6.21. The number of hydrogen-bond acceptors (Lipinski definition) is 4. The fourth-order valence-corrected chi connectivity index (χ4v) is 5.95. The SMILES string of the molecule is Cc1ccc(S(=O)(=O)N2CCCCC2C)cc1C(=O)NCCc1ccc(-n2cccn2)cc1. The Morgan fingerprint density at radius 2 is 1.94 bits per heavy atom. The first kappa shape index (κ1) is 23.2. The molecule has 0 bridgehead atoms. The molecule has 0 radical (unpaired) electrons. The monoisotopic (exact) mass is 466 g/mol. The van der Waals surface area contributed by atoms with Crippen molar-refractivity contribution in [2.45, 2.75) is 50.5 Å². The van der Waals surface area contributed by atoms with Crippen molar-refractivity contribution >= 4 is 15.9 Å². The molecule has 1 aliphatic rings. The minimum atomic E-state index is -3.62. The molecule has 3 aromatic rings. The first-order chi connectivity index (χ1) is 15.9. The highest BCUT2D eigenvalue weighted by Crippen LogP contribution is 2.26. The normalized spacial score (nSPS) is 17.1.